The number of nitrogens with one attached hydrogen (secondary N) is 1. The molecular weight excluding hydrogens is 204 g/mol. The molecule has 1 heterocycles. The number of ether oxygens (including phenoxy) is 1. The largest absolute Gasteiger partial charge is 0.491 e. The first-order valence-electron chi connectivity index (χ1n) is 5.20. The van der Waals surface area contributed by atoms with Crippen LogP contribution in [0.2, 0.25) is 0 Å². The molecule has 2 rings (SSSR count). The monoisotopic (exact) mass is 218 g/mol. The standard InChI is InChI=1S/C12H14N2O2/c1-9(2)16-11-5-3-10(4-6-11)14-12(15)7-8-13-14/h3-9,13H,1-2H3. The van der Waals surface area contributed by atoms with Crippen molar-refractivity contribution in [3.8, 4) is 11.4 Å². The van der Waals surface area contributed by atoms with Crippen LogP contribution in [0, 0.1) is 0 Å². The van der Waals surface area contributed by atoms with Gasteiger partial charge in [-0.2, -0.15) is 0 Å². The number of hydrogen-bond acceptors (Lipinski definition) is 2. The highest BCUT2D eigenvalue weighted by molar-refractivity contribution is 5.36. The normalized spacial score (nSPS) is 10.7. The number of H-pyrrole nitrogens is 1. The van der Waals surface area contributed by atoms with Crippen LogP contribution in [0.5, 0.6) is 5.75 Å². The summed E-state index contributed by atoms with van der Waals surface area (Å²) in [6, 6.07) is 8.87. The molecule has 0 bridgehead atoms. The molecule has 4 nitrogen and oxygen atoms in total. The van der Waals surface area contributed by atoms with E-state index in [1.165, 1.54) is 10.7 Å². The van der Waals surface area contributed by atoms with Gasteiger partial charge < -0.3 is 4.74 Å². The Morgan fingerprint density at radius 3 is 2.38 bits per heavy atom. The Labute approximate surface area is 93.5 Å². The minimum atomic E-state index is -0.0717. The van der Waals surface area contributed by atoms with Crippen LogP contribution in [-0.4, -0.2) is 15.9 Å². The lowest BCUT2D eigenvalue weighted by Gasteiger charge is -2.10. The van der Waals surface area contributed by atoms with Crippen LogP contribution in [0.15, 0.2) is 41.3 Å². The van der Waals surface area contributed by atoms with Crippen LogP contribution < -0.4 is 10.3 Å². The van der Waals surface area contributed by atoms with Gasteiger partial charge >= 0.3 is 0 Å². The van der Waals surface area contributed by atoms with Gasteiger partial charge in [-0.05, 0) is 38.1 Å². The molecule has 84 valence electrons. The Morgan fingerprint density at radius 2 is 1.88 bits per heavy atom. The third-order valence-corrected chi connectivity index (χ3v) is 2.12. The highest BCUT2D eigenvalue weighted by atomic mass is 16.5. The van der Waals surface area contributed by atoms with E-state index in [1.54, 1.807) is 6.20 Å². The molecule has 1 aromatic heterocycles. The predicted molar refractivity (Wildman–Crippen MR) is 62.2 cm³/mol. The molecule has 0 atom stereocenters. The van der Waals surface area contributed by atoms with E-state index in [0.717, 1.165) is 11.4 Å². The Bertz CT molecular complexity index is 508. The molecular formula is C12H14N2O2. The minimum Gasteiger partial charge on any atom is -0.491 e. The summed E-state index contributed by atoms with van der Waals surface area (Å²) in [5.74, 6) is 0.804. The van der Waals surface area contributed by atoms with Gasteiger partial charge in [-0.1, -0.05) is 0 Å². The SMILES string of the molecule is CC(C)Oc1ccc(-n2[nH]ccc2=O)cc1. The molecule has 0 aliphatic rings. The van der Waals surface area contributed by atoms with Gasteiger partial charge in [-0.25, -0.2) is 4.68 Å². The number of benzene rings is 1. The van der Waals surface area contributed by atoms with Crippen LogP contribution in [0.1, 0.15) is 13.8 Å². The second kappa shape index (κ2) is 4.26. The van der Waals surface area contributed by atoms with Crippen LogP contribution in [-0.2, 0) is 0 Å². The van der Waals surface area contributed by atoms with Gasteiger partial charge in [0.05, 0.1) is 11.8 Å². The lowest BCUT2D eigenvalue weighted by Crippen LogP contribution is -2.13. The fourth-order valence-corrected chi connectivity index (χ4v) is 1.47. The molecule has 0 radical (unpaired) electrons. The first kappa shape index (κ1) is 10.5. The van der Waals surface area contributed by atoms with Gasteiger partial charge in [0.1, 0.15) is 5.75 Å². The van der Waals surface area contributed by atoms with E-state index in [0.29, 0.717) is 0 Å². The van der Waals surface area contributed by atoms with Gasteiger partial charge in [0.25, 0.3) is 5.56 Å². The number of nitrogens with zero attached hydrogens (tertiary/aromatic N) is 1. The second-order valence-corrected chi connectivity index (χ2v) is 3.80. The molecule has 1 N–H and O–H groups in total. The Kier molecular flexibility index (Phi) is 2.81. The number of rotatable bonds is 3. The van der Waals surface area contributed by atoms with Gasteiger partial charge in [0.2, 0.25) is 0 Å². The Morgan fingerprint density at radius 1 is 1.19 bits per heavy atom. The summed E-state index contributed by atoms with van der Waals surface area (Å²) in [5, 5.41) is 2.85. The first-order chi connectivity index (χ1) is 7.66. The van der Waals surface area contributed by atoms with Crippen molar-refractivity contribution in [2.24, 2.45) is 0 Å². The fraction of sp³-hybridized carbons (Fsp3) is 0.250. The van der Waals surface area contributed by atoms with Crippen molar-refractivity contribution in [3.63, 3.8) is 0 Å². The Balaban J connectivity index is 2.26. The molecule has 4 heteroatoms. The molecule has 2 aromatic rings. The summed E-state index contributed by atoms with van der Waals surface area (Å²) in [6.07, 6.45) is 1.76. The maximum Gasteiger partial charge on any atom is 0.271 e. The van der Waals surface area contributed by atoms with Crippen LogP contribution in [0.25, 0.3) is 5.69 Å². The van der Waals surface area contributed by atoms with E-state index in [2.05, 4.69) is 5.10 Å². The Hall–Kier alpha value is -1.97. The van der Waals surface area contributed by atoms with Gasteiger partial charge in [0, 0.05) is 12.3 Å². The minimum absolute atomic E-state index is 0.0717. The van der Waals surface area contributed by atoms with Crippen molar-refractivity contribution in [3.05, 3.63) is 46.9 Å². The lowest BCUT2D eigenvalue weighted by molar-refractivity contribution is 0.242. The van der Waals surface area contributed by atoms with Crippen LogP contribution in [0.3, 0.4) is 0 Å². The molecule has 16 heavy (non-hydrogen) atoms. The van der Waals surface area contributed by atoms with E-state index >= 15 is 0 Å². The summed E-state index contributed by atoms with van der Waals surface area (Å²) in [4.78, 5) is 11.4. The third kappa shape index (κ3) is 2.16. The number of hydrogen-bond donors (Lipinski definition) is 1. The predicted octanol–water partition coefficient (Wildman–Crippen LogP) is 1.95. The lowest BCUT2D eigenvalue weighted by atomic mass is 10.3. The van der Waals surface area contributed by atoms with Crippen molar-refractivity contribution in [1.82, 2.24) is 9.78 Å². The van der Waals surface area contributed by atoms with Crippen LogP contribution in [0.4, 0.5) is 0 Å². The van der Waals surface area contributed by atoms with Crippen molar-refractivity contribution < 1.29 is 4.74 Å². The molecule has 0 saturated heterocycles. The number of aromatic amines is 1. The molecule has 0 amide bonds. The van der Waals surface area contributed by atoms with Gasteiger partial charge in [-0.15, -0.1) is 0 Å². The summed E-state index contributed by atoms with van der Waals surface area (Å²) in [6.45, 7) is 3.95. The van der Waals surface area contributed by atoms with Crippen molar-refractivity contribution in [2.45, 2.75) is 20.0 Å². The number of aromatic nitrogens is 2. The summed E-state index contributed by atoms with van der Waals surface area (Å²) in [7, 11) is 0. The van der Waals surface area contributed by atoms with E-state index in [4.69, 9.17) is 4.74 Å². The molecule has 0 aliphatic heterocycles. The average molecular weight is 218 g/mol. The summed E-state index contributed by atoms with van der Waals surface area (Å²) in [5.41, 5.74) is 0.726. The van der Waals surface area contributed by atoms with E-state index in [9.17, 15) is 4.79 Å². The maximum atomic E-state index is 11.4. The zero-order valence-corrected chi connectivity index (χ0v) is 9.31. The van der Waals surface area contributed by atoms with E-state index < -0.39 is 0 Å². The topological polar surface area (TPSA) is 47.0 Å². The van der Waals surface area contributed by atoms with Crippen molar-refractivity contribution in [1.29, 1.82) is 0 Å². The second-order valence-electron chi connectivity index (χ2n) is 3.80. The smallest absolute Gasteiger partial charge is 0.271 e. The highest BCUT2D eigenvalue weighted by Gasteiger charge is 2.01. The summed E-state index contributed by atoms with van der Waals surface area (Å²) >= 11 is 0. The molecule has 0 fully saturated rings. The molecule has 0 unspecified atom stereocenters. The van der Waals surface area contributed by atoms with Gasteiger partial charge in [0.15, 0.2) is 0 Å². The maximum absolute atomic E-state index is 11.4. The zero-order chi connectivity index (χ0) is 11.5. The summed E-state index contributed by atoms with van der Waals surface area (Å²) < 4.78 is 6.99. The highest BCUT2D eigenvalue weighted by Crippen LogP contribution is 2.14. The average Bonchev–Trinajstić information content (AvgIpc) is 2.65. The first-order valence-corrected chi connectivity index (χ1v) is 5.20. The van der Waals surface area contributed by atoms with E-state index in [1.807, 2.05) is 38.1 Å². The molecule has 0 aliphatic carbocycles. The van der Waals surface area contributed by atoms with E-state index in [-0.39, 0.29) is 11.7 Å². The molecule has 0 spiro atoms. The third-order valence-electron chi connectivity index (χ3n) is 2.12. The van der Waals surface area contributed by atoms with Crippen molar-refractivity contribution in [2.75, 3.05) is 0 Å². The van der Waals surface area contributed by atoms with Gasteiger partial charge in [-0.3, -0.25) is 9.89 Å². The zero-order valence-electron chi connectivity index (χ0n) is 9.31. The molecule has 1 aromatic carbocycles. The molecule has 0 saturated carbocycles. The fourth-order valence-electron chi connectivity index (χ4n) is 1.47. The quantitative estimate of drug-likeness (QED) is 0.856. The van der Waals surface area contributed by atoms with Crippen molar-refractivity contribution >= 4 is 0 Å². The van der Waals surface area contributed by atoms with Crippen LogP contribution >= 0.6 is 0 Å².